The van der Waals surface area contributed by atoms with Crippen LogP contribution in [0, 0.1) is 6.92 Å². The van der Waals surface area contributed by atoms with Crippen molar-refractivity contribution in [3.63, 3.8) is 0 Å². The van der Waals surface area contributed by atoms with Crippen LogP contribution in [0.3, 0.4) is 0 Å². The van der Waals surface area contributed by atoms with Gasteiger partial charge in [-0.1, -0.05) is 35.3 Å². The van der Waals surface area contributed by atoms with E-state index in [-0.39, 0.29) is 12.5 Å². The number of thiazole rings is 1. The Bertz CT molecular complexity index is 1520. The molecule has 1 N–H and O–H groups in total. The summed E-state index contributed by atoms with van der Waals surface area (Å²) in [6.45, 7) is 1.87. The maximum atomic E-state index is 11.7. The third-order valence-electron chi connectivity index (χ3n) is 5.22. The average Bonchev–Trinajstić information content (AvgIpc) is 3.37. The Morgan fingerprint density at radius 2 is 2.06 bits per heavy atom. The number of ether oxygens (including phenoxy) is 1. The molecule has 0 atom stereocenters. The minimum atomic E-state index is -0.189. The molecule has 2 aromatic carbocycles. The summed E-state index contributed by atoms with van der Waals surface area (Å²) in [4.78, 5) is 16.8. The zero-order valence-corrected chi connectivity index (χ0v) is 20.4. The largest absolute Gasteiger partial charge is 0.482 e. The Kier molecular flexibility index (Phi) is 5.99. The molecular formula is C23H18Cl2N6O2S. The Morgan fingerprint density at radius 1 is 1.24 bits per heavy atom. The predicted octanol–water partition coefficient (Wildman–Crippen LogP) is 4.76. The quantitative estimate of drug-likeness (QED) is 0.400. The summed E-state index contributed by atoms with van der Waals surface area (Å²) in [6, 6.07) is 12.9. The molecular weight excluding hydrogens is 495 g/mol. The number of carbonyl (C=O) groups is 1. The van der Waals surface area contributed by atoms with Crippen molar-refractivity contribution in [3.8, 4) is 22.7 Å². The van der Waals surface area contributed by atoms with Crippen LogP contribution in [0.1, 0.15) is 11.3 Å². The molecule has 1 aliphatic rings. The molecule has 172 valence electrons. The van der Waals surface area contributed by atoms with Gasteiger partial charge in [0.15, 0.2) is 6.61 Å². The summed E-state index contributed by atoms with van der Waals surface area (Å²) >= 11 is 14.5. The summed E-state index contributed by atoms with van der Waals surface area (Å²) in [6.07, 6.45) is 1.66. The topological polar surface area (TPSA) is 85.8 Å². The van der Waals surface area contributed by atoms with Gasteiger partial charge in [0.2, 0.25) is 4.80 Å². The summed E-state index contributed by atoms with van der Waals surface area (Å²) in [5, 5.41) is 15.0. The van der Waals surface area contributed by atoms with Crippen LogP contribution in [0.25, 0.3) is 16.9 Å². The number of carbonyl (C=O) groups excluding carboxylic acids is 1. The number of aromatic nitrogens is 3. The minimum absolute atomic E-state index is 0.00986. The van der Waals surface area contributed by atoms with Crippen LogP contribution in [0.5, 0.6) is 5.75 Å². The fourth-order valence-corrected chi connectivity index (χ4v) is 4.89. The first kappa shape index (κ1) is 22.4. The molecule has 5 rings (SSSR count). The number of nitrogens with zero attached hydrogens (tertiary/aromatic N) is 5. The lowest BCUT2D eigenvalue weighted by Crippen LogP contribution is -2.25. The number of fused-ring (bicyclic) bond motifs is 1. The van der Waals surface area contributed by atoms with Crippen LogP contribution in [0.15, 0.2) is 57.9 Å². The second-order valence-electron chi connectivity index (χ2n) is 7.38. The number of amides is 1. The minimum Gasteiger partial charge on any atom is -0.482 e. The Labute approximate surface area is 208 Å². The van der Waals surface area contributed by atoms with E-state index in [2.05, 4.69) is 20.5 Å². The van der Waals surface area contributed by atoms with Crippen molar-refractivity contribution in [2.24, 2.45) is 10.1 Å². The maximum absolute atomic E-state index is 11.7. The normalized spacial score (nSPS) is 13.8. The van der Waals surface area contributed by atoms with Crippen molar-refractivity contribution >= 4 is 52.3 Å². The lowest BCUT2D eigenvalue weighted by Gasteiger charge is -2.18. The molecule has 4 aromatic rings. The molecule has 11 heteroatoms. The molecule has 3 heterocycles. The van der Waals surface area contributed by atoms with E-state index in [0.29, 0.717) is 43.4 Å². The van der Waals surface area contributed by atoms with Crippen LogP contribution in [-0.2, 0) is 4.79 Å². The SMILES string of the molecule is CN=c1scc(-c2ccc3c(c2)NC(=O)CO3)n1N=Cc1c(C)nn(-c2ccccc2Cl)c1Cl. The van der Waals surface area contributed by atoms with Gasteiger partial charge in [-0.15, -0.1) is 11.3 Å². The molecule has 1 aliphatic heterocycles. The molecule has 8 nitrogen and oxygen atoms in total. The van der Waals surface area contributed by atoms with Crippen molar-refractivity contribution in [2.75, 3.05) is 19.0 Å². The van der Waals surface area contributed by atoms with E-state index in [1.807, 2.05) is 48.7 Å². The molecule has 1 amide bonds. The number of benzene rings is 2. The second-order valence-corrected chi connectivity index (χ2v) is 8.99. The van der Waals surface area contributed by atoms with Crippen LogP contribution in [0.2, 0.25) is 10.2 Å². The standard InChI is InChI=1S/C23H18Cl2N6O2S/c1-13-15(22(25)30(29-13)18-6-4-3-5-16(18)24)10-27-31-19(12-34-23(31)26-2)14-7-8-20-17(9-14)28-21(32)11-33-20/h3-10,12H,11H2,1-2H3,(H,28,32). The van der Waals surface area contributed by atoms with E-state index in [9.17, 15) is 4.79 Å². The number of halogens is 2. The Hall–Kier alpha value is -3.40. The Balaban J connectivity index is 1.55. The van der Waals surface area contributed by atoms with Crippen LogP contribution in [-0.4, -0.2) is 40.2 Å². The number of hydrogen-bond acceptors (Lipinski definition) is 6. The zero-order valence-electron chi connectivity index (χ0n) is 18.1. The van der Waals surface area contributed by atoms with Gasteiger partial charge in [0, 0.05) is 18.0 Å². The number of aryl methyl sites for hydroxylation is 1. The van der Waals surface area contributed by atoms with E-state index in [1.165, 1.54) is 11.3 Å². The smallest absolute Gasteiger partial charge is 0.262 e. The molecule has 0 saturated heterocycles. The first-order valence-corrected chi connectivity index (χ1v) is 11.8. The van der Waals surface area contributed by atoms with Gasteiger partial charge in [-0.3, -0.25) is 9.79 Å². The molecule has 0 spiro atoms. The molecule has 0 bridgehead atoms. The maximum Gasteiger partial charge on any atom is 0.262 e. The monoisotopic (exact) mass is 512 g/mol. The average molecular weight is 513 g/mol. The van der Waals surface area contributed by atoms with Crippen molar-refractivity contribution < 1.29 is 9.53 Å². The second kappa shape index (κ2) is 9.09. The highest BCUT2D eigenvalue weighted by atomic mass is 35.5. The summed E-state index contributed by atoms with van der Waals surface area (Å²) in [5.41, 5.74) is 4.32. The van der Waals surface area contributed by atoms with Crippen LogP contribution < -0.4 is 14.9 Å². The van der Waals surface area contributed by atoms with E-state index in [4.69, 9.17) is 27.9 Å². The molecule has 0 aliphatic carbocycles. The molecule has 34 heavy (non-hydrogen) atoms. The van der Waals surface area contributed by atoms with Crippen molar-refractivity contribution in [2.45, 2.75) is 6.92 Å². The number of anilines is 1. The third-order valence-corrected chi connectivity index (χ3v) is 6.81. The molecule has 0 unspecified atom stereocenters. The van der Waals surface area contributed by atoms with Crippen LogP contribution in [0.4, 0.5) is 5.69 Å². The zero-order chi connectivity index (χ0) is 23.8. The first-order valence-electron chi connectivity index (χ1n) is 10.2. The lowest BCUT2D eigenvalue weighted by molar-refractivity contribution is -0.118. The van der Waals surface area contributed by atoms with Crippen LogP contribution >= 0.6 is 34.5 Å². The summed E-state index contributed by atoms with van der Waals surface area (Å²) < 4.78 is 8.78. The summed E-state index contributed by atoms with van der Waals surface area (Å²) in [5.74, 6) is 0.439. The van der Waals surface area contributed by atoms with Gasteiger partial charge >= 0.3 is 0 Å². The number of hydrogen-bond donors (Lipinski definition) is 1. The lowest BCUT2D eigenvalue weighted by atomic mass is 10.1. The predicted molar refractivity (Wildman–Crippen MR) is 135 cm³/mol. The molecule has 0 fully saturated rings. The van der Waals surface area contributed by atoms with E-state index < -0.39 is 0 Å². The fraction of sp³-hybridized carbons (Fsp3) is 0.130. The van der Waals surface area contributed by atoms with Gasteiger partial charge in [-0.2, -0.15) is 10.2 Å². The first-order chi connectivity index (χ1) is 16.5. The van der Waals surface area contributed by atoms with Crippen molar-refractivity contribution in [3.05, 3.63) is 74.1 Å². The van der Waals surface area contributed by atoms with Gasteiger partial charge in [-0.05, 0) is 37.3 Å². The van der Waals surface area contributed by atoms with E-state index in [0.717, 1.165) is 11.3 Å². The van der Waals surface area contributed by atoms with Gasteiger partial charge < -0.3 is 10.1 Å². The van der Waals surface area contributed by atoms with Gasteiger partial charge in [0.1, 0.15) is 10.9 Å². The number of para-hydroxylation sites is 1. The summed E-state index contributed by atoms with van der Waals surface area (Å²) in [7, 11) is 1.70. The van der Waals surface area contributed by atoms with Crippen molar-refractivity contribution in [1.29, 1.82) is 0 Å². The molecule has 0 radical (unpaired) electrons. The molecule has 2 aromatic heterocycles. The Morgan fingerprint density at radius 3 is 2.85 bits per heavy atom. The van der Waals surface area contributed by atoms with E-state index >= 15 is 0 Å². The molecule has 0 saturated carbocycles. The highest BCUT2D eigenvalue weighted by molar-refractivity contribution is 7.07. The van der Waals surface area contributed by atoms with Gasteiger partial charge in [0.05, 0.1) is 39.6 Å². The number of rotatable bonds is 4. The highest BCUT2D eigenvalue weighted by Gasteiger charge is 2.18. The third kappa shape index (κ3) is 4.02. The fourth-order valence-electron chi connectivity index (χ4n) is 3.56. The number of nitrogens with one attached hydrogen (secondary N) is 1. The van der Waals surface area contributed by atoms with Crippen molar-refractivity contribution in [1.82, 2.24) is 14.5 Å². The van der Waals surface area contributed by atoms with E-state index in [1.54, 1.807) is 28.7 Å². The van der Waals surface area contributed by atoms with Gasteiger partial charge in [0.25, 0.3) is 5.91 Å². The van der Waals surface area contributed by atoms with Gasteiger partial charge in [-0.25, -0.2) is 9.36 Å². The highest BCUT2D eigenvalue weighted by Crippen LogP contribution is 2.33.